The van der Waals surface area contributed by atoms with E-state index in [4.69, 9.17) is 9.47 Å². The molecule has 0 bridgehead atoms. The molecule has 0 amide bonds. The number of carbonyl (C=O) groups excluding carboxylic acids is 1. The Balaban J connectivity index is 1.61. The van der Waals surface area contributed by atoms with Crippen LogP contribution in [0.2, 0.25) is 0 Å². The van der Waals surface area contributed by atoms with Crippen molar-refractivity contribution in [1.82, 2.24) is 5.32 Å². The molecule has 0 aromatic rings. The largest absolute Gasteiger partial charge is 0.462 e. The number of carbonyl (C=O) groups is 1. The third-order valence-corrected chi connectivity index (χ3v) is 4.07. The molecule has 0 radical (unpaired) electrons. The van der Waals surface area contributed by atoms with Crippen LogP contribution < -0.4 is 5.32 Å². The van der Waals surface area contributed by atoms with Crippen LogP contribution >= 0.6 is 0 Å². The van der Waals surface area contributed by atoms with Gasteiger partial charge in [0.2, 0.25) is 0 Å². The van der Waals surface area contributed by atoms with Gasteiger partial charge in [0.25, 0.3) is 0 Å². The second-order valence-corrected chi connectivity index (χ2v) is 6.24. The number of hydrogen-bond acceptors (Lipinski definition) is 4. The van der Waals surface area contributed by atoms with Crippen molar-refractivity contribution in [2.75, 3.05) is 19.8 Å². The van der Waals surface area contributed by atoms with Crippen LogP contribution in [-0.2, 0) is 14.3 Å². The third kappa shape index (κ3) is 4.46. The molecule has 110 valence electrons. The Morgan fingerprint density at radius 2 is 2.05 bits per heavy atom. The van der Waals surface area contributed by atoms with Gasteiger partial charge in [-0.3, -0.25) is 4.79 Å². The second-order valence-electron chi connectivity index (χ2n) is 6.24. The number of esters is 1. The first-order valence-corrected chi connectivity index (χ1v) is 7.67. The molecule has 1 saturated carbocycles. The zero-order valence-corrected chi connectivity index (χ0v) is 12.2. The van der Waals surface area contributed by atoms with Crippen LogP contribution in [0.15, 0.2) is 0 Å². The zero-order chi connectivity index (χ0) is 13.7. The average Bonchev–Trinajstić information content (AvgIpc) is 2.81. The molecule has 1 heterocycles. The van der Waals surface area contributed by atoms with Crippen molar-refractivity contribution >= 4 is 5.97 Å². The first-order valence-electron chi connectivity index (χ1n) is 7.67. The highest BCUT2D eigenvalue weighted by Gasteiger charge is 2.38. The Bertz CT molecular complexity index is 279. The van der Waals surface area contributed by atoms with Crippen LogP contribution in [0, 0.1) is 11.8 Å². The van der Waals surface area contributed by atoms with Gasteiger partial charge in [0, 0.05) is 12.6 Å². The summed E-state index contributed by atoms with van der Waals surface area (Å²) in [5.74, 6) is 1.11. The van der Waals surface area contributed by atoms with Gasteiger partial charge in [-0.25, -0.2) is 0 Å². The van der Waals surface area contributed by atoms with Crippen LogP contribution in [0.1, 0.15) is 46.0 Å². The van der Waals surface area contributed by atoms with Gasteiger partial charge in [-0.05, 0) is 31.1 Å². The van der Waals surface area contributed by atoms with Crippen LogP contribution in [-0.4, -0.2) is 37.9 Å². The molecule has 1 saturated heterocycles. The van der Waals surface area contributed by atoms with Crippen molar-refractivity contribution in [3.8, 4) is 0 Å². The van der Waals surface area contributed by atoms with Crippen molar-refractivity contribution in [2.45, 2.75) is 58.0 Å². The van der Waals surface area contributed by atoms with Crippen LogP contribution in [0.3, 0.4) is 0 Å². The summed E-state index contributed by atoms with van der Waals surface area (Å²) in [6, 6.07) is 0.460. The van der Waals surface area contributed by atoms with E-state index in [0.29, 0.717) is 31.1 Å². The molecule has 0 aromatic carbocycles. The van der Waals surface area contributed by atoms with Crippen molar-refractivity contribution in [2.24, 2.45) is 11.8 Å². The first-order chi connectivity index (χ1) is 9.16. The van der Waals surface area contributed by atoms with Gasteiger partial charge in [-0.15, -0.1) is 0 Å². The Kier molecular flexibility index (Phi) is 5.64. The quantitative estimate of drug-likeness (QED) is 0.593. The van der Waals surface area contributed by atoms with E-state index in [1.54, 1.807) is 0 Å². The van der Waals surface area contributed by atoms with E-state index in [1.165, 1.54) is 25.7 Å². The SMILES string of the molecule is CC(C)COCCOC(=O)C1CC2CCCCC2N1. The van der Waals surface area contributed by atoms with E-state index in [9.17, 15) is 4.79 Å². The van der Waals surface area contributed by atoms with E-state index in [-0.39, 0.29) is 12.0 Å². The molecule has 3 atom stereocenters. The highest BCUT2D eigenvalue weighted by atomic mass is 16.6. The summed E-state index contributed by atoms with van der Waals surface area (Å²) in [7, 11) is 0. The summed E-state index contributed by atoms with van der Waals surface area (Å²) >= 11 is 0. The summed E-state index contributed by atoms with van der Waals surface area (Å²) in [4.78, 5) is 11.9. The molecule has 3 unspecified atom stereocenters. The third-order valence-electron chi connectivity index (χ3n) is 4.07. The maximum absolute atomic E-state index is 11.9. The normalized spacial score (nSPS) is 30.4. The van der Waals surface area contributed by atoms with Gasteiger partial charge in [-0.2, -0.15) is 0 Å². The molecule has 4 nitrogen and oxygen atoms in total. The van der Waals surface area contributed by atoms with Gasteiger partial charge in [0.05, 0.1) is 6.61 Å². The minimum absolute atomic E-state index is 0.0850. The average molecular weight is 269 g/mol. The monoisotopic (exact) mass is 269 g/mol. The summed E-state index contributed by atoms with van der Waals surface area (Å²) in [5.41, 5.74) is 0. The summed E-state index contributed by atoms with van der Waals surface area (Å²) in [6.07, 6.45) is 6.04. The van der Waals surface area contributed by atoms with Crippen LogP contribution in [0.5, 0.6) is 0 Å². The molecule has 2 rings (SSSR count). The minimum Gasteiger partial charge on any atom is -0.462 e. The van der Waals surface area contributed by atoms with Crippen molar-refractivity contribution in [3.63, 3.8) is 0 Å². The maximum Gasteiger partial charge on any atom is 0.323 e. The molecule has 2 aliphatic rings. The summed E-state index contributed by atoms with van der Waals surface area (Å²) in [6.45, 7) is 5.82. The number of ether oxygens (including phenoxy) is 2. The van der Waals surface area contributed by atoms with Gasteiger partial charge in [-0.1, -0.05) is 26.7 Å². The molecule has 0 aromatic heterocycles. The fourth-order valence-corrected chi connectivity index (χ4v) is 3.12. The molecule has 1 aliphatic carbocycles. The Labute approximate surface area is 116 Å². The lowest BCUT2D eigenvalue weighted by molar-refractivity contribution is -0.147. The number of rotatable bonds is 6. The van der Waals surface area contributed by atoms with E-state index in [2.05, 4.69) is 19.2 Å². The predicted octanol–water partition coefficient (Wildman–Crippen LogP) is 2.12. The molecule has 1 aliphatic heterocycles. The van der Waals surface area contributed by atoms with Crippen molar-refractivity contribution < 1.29 is 14.3 Å². The molecular weight excluding hydrogens is 242 g/mol. The molecule has 0 spiro atoms. The van der Waals surface area contributed by atoms with E-state index < -0.39 is 0 Å². The highest BCUT2D eigenvalue weighted by molar-refractivity contribution is 5.76. The van der Waals surface area contributed by atoms with Gasteiger partial charge in [0.1, 0.15) is 12.6 Å². The highest BCUT2D eigenvalue weighted by Crippen LogP contribution is 2.33. The topological polar surface area (TPSA) is 47.6 Å². The van der Waals surface area contributed by atoms with Crippen molar-refractivity contribution in [1.29, 1.82) is 0 Å². The predicted molar refractivity (Wildman–Crippen MR) is 73.9 cm³/mol. The number of nitrogens with one attached hydrogen (secondary N) is 1. The van der Waals surface area contributed by atoms with Crippen molar-refractivity contribution in [3.05, 3.63) is 0 Å². The fraction of sp³-hybridized carbons (Fsp3) is 0.933. The smallest absolute Gasteiger partial charge is 0.323 e. The standard InChI is InChI=1S/C15H27NO3/c1-11(2)10-18-7-8-19-15(17)14-9-12-5-3-4-6-13(12)16-14/h11-14,16H,3-10H2,1-2H3. The molecule has 1 N–H and O–H groups in total. The van der Waals surface area contributed by atoms with Gasteiger partial charge < -0.3 is 14.8 Å². The molecule has 19 heavy (non-hydrogen) atoms. The van der Waals surface area contributed by atoms with Crippen LogP contribution in [0.25, 0.3) is 0 Å². The Morgan fingerprint density at radius 3 is 2.79 bits per heavy atom. The second kappa shape index (κ2) is 7.25. The zero-order valence-electron chi connectivity index (χ0n) is 12.2. The van der Waals surface area contributed by atoms with E-state index in [1.807, 2.05) is 0 Å². The lowest BCUT2D eigenvalue weighted by Crippen LogP contribution is -2.38. The first kappa shape index (κ1) is 14.8. The molecular formula is C15H27NO3. The van der Waals surface area contributed by atoms with Gasteiger partial charge >= 0.3 is 5.97 Å². The van der Waals surface area contributed by atoms with E-state index in [0.717, 1.165) is 13.0 Å². The summed E-state index contributed by atoms with van der Waals surface area (Å²) < 4.78 is 10.7. The number of hydrogen-bond donors (Lipinski definition) is 1. The van der Waals surface area contributed by atoms with E-state index >= 15 is 0 Å². The minimum atomic E-state index is -0.0949. The van der Waals surface area contributed by atoms with Crippen LogP contribution in [0.4, 0.5) is 0 Å². The fourth-order valence-electron chi connectivity index (χ4n) is 3.12. The lowest BCUT2D eigenvalue weighted by Gasteiger charge is -2.24. The molecule has 2 fully saturated rings. The van der Waals surface area contributed by atoms with Gasteiger partial charge in [0.15, 0.2) is 0 Å². The lowest BCUT2D eigenvalue weighted by atomic mass is 9.85. The molecule has 4 heteroatoms. The Morgan fingerprint density at radius 1 is 1.26 bits per heavy atom. The Hall–Kier alpha value is -0.610. The maximum atomic E-state index is 11.9. The summed E-state index contributed by atoms with van der Waals surface area (Å²) in [5, 5.41) is 3.44. The number of fused-ring (bicyclic) bond motifs is 1.